The highest BCUT2D eigenvalue weighted by atomic mass is 16.6. The second kappa shape index (κ2) is 13.7. The summed E-state index contributed by atoms with van der Waals surface area (Å²) in [5.74, 6) is 1.53. The van der Waals surface area contributed by atoms with Gasteiger partial charge < -0.3 is 29.0 Å². The van der Waals surface area contributed by atoms with Gasteiger partial charge >= 0.3 is 12.1 Å². The normalized spacial score (nSPS) is 19.5. The molecule has 8 heteroatoms. The van der Waals surface area contributed by atoms with Crippen molar-refractivity contribution in [1.29, 1.82) is 0 Å². The van der Waals surface area contributed by atoms with E-state index in [0.717, 1.165) is 18.4 Å². The summed E-state index contributed by atoms with van der Waals surface area (Å²) in [5, 5.41) is 3.00. The smallest absolute Gasteiger partial charge is 0.408 e. The number of alkyl carbamates (subject to hydrolysis) is 1. The van der Waals surface area contributed by atoms with Gasteiger partial charge in [0, 0.05) is 20.1 Å². The van der Waals surface area contributed by atoms with E-state index in [-0.39, 0.29) is 30.0 Å². The van der Waals surface area contributed by atoms with Crippen molar-refractivity contribution < 1.29 is 33.3 Å². The van der Waals surface area contributed by atoms with Crippen LogP contribution in [0.3, 0.4) is 0 Å². The van der Waals surface area contributed by atoms with Crippen molar-refractivity contribution in [2.45, 2.75) is 85.0 Å². The van der Waals surface area contributed by atoms with Crippen molar-refractivity contribution in [2.75, 3.05) is 27.4 Å². The Hall–Kier alpha value is -2.48. The minimum atomic E-state index is -0.617. The van der Waals surface area contributed by atoms with Gasteiger partial charge in [-0.1, -0.05) is 26.8 Å². The van der Waals surface area contributed by atoms with Gasteiger partial charge in [0.05, 0.1) is 25.7 Å². The second-order valence-corrected chi connectivity index (χ2v) is 11.0. The largest absolute Gasteiger partial charge is 0.493 e. The summed E-state index contributed by atoms with van der Waals surface area (Å²) < 4.78 is 27.7. The average molecular weight is 508 g/mol. The van der Waals surface area contributed by atoms with E-state index < -0.39 is 11.7 Å². The summed E-state index contributed by atoms with van der Waals surface area (Å²) in [5.41, 5.74) is 0.498. The van der Waals surface area contributed by atoms with Gasteiger partial charge in [-0.3, -0.25) is 4.79 Å². The Kier molecular flexibility index (Phi) is 11.3. The van der Waals surface area contributed by atoms with E-state index in [0.29, 0.717) is 43.5 Å². The van der Waals surface area contributed by atoms with E-state index in [9.17, 15) is 9.59 Å². The average Bonchev–Trinajstić information content (AvgIpc) is 3.12. The number of cyclic esters (lactones) is 1. The third-order valence-corrected chi connectivity index (χ3v) is 6.38. The Bertz CT molecular complexity index is 849. The molecule has 1 aliphatic heterocycles. The van der Waals surface area contributed by atoms with Gasteiger partial charge in [0.15, 0.2) is 11.5 Å². The van der Waals surface area contributed by atoms with Crippen molar-refractivity contribution in [2.24, 2.45) is 17.8 Å². The van der Waals surface area contributed by atoms with E-state index in [2.05, 4.69) is 19.2 Å². The van der Waals surface area contributed by atoms with E-state index in [1.54, 1.807) is 14.2 Å². The minimum Gasteiger partial charge on any atom is -0.493 e. The summed E-state index contributed by atoms with van der Waals surface area (Å²) in [6.07, 6.45) is 1.91. The molecule has 1 amide bonds. The number of rotatable bonds is 13. The fourth-order valence-electron chi connectivity index (χ4n) is 4.33. The fourth-order valence-corrected chi connectivity index (χ4v) is 4.33. The molecule has 0 bridgehead atoms. The Morgan fingerprint density at radius 1 is 1.17 bits per heavy atom. The summed E-state index contributed by atoms with van der Waals surface area (Å²) in [6, 6.07) is 5.65. The first-order valence-electron chi connectivity index (χ1n) is 12.9. The maximum atomic E-state index is 12.6. The molecule has 1 aromatic carbocycles. The third-order valence-electron chi connectivity index (χ3n) is 6.38. The van der Waals surface area contributed by atoms with Crippen molar-refractivity contribution in [1.82, 2.24) is 5.32 Å². The van der Waals surface area contributed by atoms with E-state index >= 15 is 0 Å². The van der Waals surface area contributed by atoms with Crippen LogP contribution in [0.15, 0.2) is 18.2 Å². The molecule has 1 aliphatic rings. The van der Waals surface area contributed by atoms with Crippen LogP contribution in [0.5, 0.6) is 11.5 Å². The number of amides is 1. The van der Waals surface area contributed by atoms with Crippen molar-refractivity contribution in [3.63, 3.8) is 0 Å². The van der Waals surface area contributed by atoms with Crippen LogP contribution in [0.1, 0.15) is 66.4 Å². The molecule has 0 saturated carbocycles. The lowest BCUT2D eigenvalue weighted by molar-refractivity contribution is -0.145. The van der Waals surface area contributed by atoms with Crippen LogP contribution in [0.25, 0.3) is 0 Å². The van der Waals surface area contributed by atoms with Gasteiger partial charge in [-0.25, -0.2) is 4.79 Å². The molecule has 4 atom stereocenters. The summed E-state index contributed by atoms with van der Waals surface area (Å²) in [7, 11) is 3.30. The molecule has 1 N–H and O–H groups in total. The highest BCUT2D eigenvalue weighted by molar-refractivity contribution is 5.74. The van der Waals surface area contributed by atoms with E-state index in [1.807, 2.05) is 45.9 Å². The molecule has 0 aromatic heterocycles. The lowest BCUT2D eigenvalue weighted by atomic mass is 9.82. The first kappa shape index (κ1) is 29.7. The topological polar surface area (TPSA) is 92.3 Å². The number of hydrogen-bond acceptors (Lipinski definition) is 7. The summed E-state index contributed by atoms with van der Waals surface area (Å²) in [6.45, 7) is 12.9. The quantitative estimate of drug-likeness (QED) is 0.291. The SMILES string of the molecule is COCCCOc1cc(C[C@@H](C[C@H](NC(=O)OC(C)(C)C)C2C[C@@H](C)C(=O)O2)C(C)C)ccc1OC. The van der Waals surface area contributed by atoms with Gasteiger partial charge in [-0.2, -0.15) is 0 Å². The predicted octanol–water partition coefficient (Wildman–Crippen LogP) is 5.16. The molecule has 0 spiro atoms. The zero-order valence-electron chi connectivity index (χ0n) is 23.2. The highest BCUT2D eigenvalue weighted by Gasteiger charge is 2.39. The first-order valence-corrected chi connectivity index (χ1v) is 12.9. The maximum absolute atomic E-state index is 12.6. The number of esters is 1. The maximum Gasteiger partial charge on any atom is 0.408 e. The molecule has 36 heavy (non-hydrogen) atoms. The van der Waals surface area contributed by atoms with Gasteiger partial charge in [0.1, 0.15) is 11.7 Å². The Morgan fingerprint density at radius 2 is 1.89 bits per heavy atom. The number of hydrogen-bond donors (Lipinski definition) is 1. The van der Waals surface area contributed by atoms with Crippen LogP contribution in [0.2, 0.25) is 0 Å². The van der Waals surface area contributed by atoms with Crippen LogP contribution in [-0.4, -0.2) is 57.2 Å². The molecule has 8 nitrogen and oxygen atoms in total. The molecular formula is C28H45NO7. The van der Waals surface area contributed by atoms with E-state index in [4.69, 9.17) is 23.7 Å². The van der Waals surface area contributed by atoms with Crippen molar-refractivity contribution in [3.05, 3.63) is 23.8 Å². The van der Waals surface area contributed by atoms with Crippen molar-refractivity contribution >= 4 is 12.1 Å². The minimum absolute atomic E-state index is 0.185. The Morgan fingerprint density at radius 3 is 2.44 bits per heavy atom. The monoisotopic (exact) mass is 507 g/mol. The van der Waals surface area contributed by atoms with Crippen LogP contribution < -0.4 is 14.8 Å². The number of ether oxygens (including phenoxy) is 5. The lowest BCUT2D eigenvalue weighted by Gasteiger charge is -2.31. The van der Waals surface area contributed by atoms with Crippen LogP contribution in [-0.2, 0) is 25.4 Å². The van der Waals surface area contributed by atoms with Crippen LogP contribution in [0, 0.1) is 17.8 Å². The van der Waals surface area contributed by atoms with Gasteiger partial charge in [-0.15, -0.1) is 0 Å². The number of benzene rings is 1. The highest BCUT2D eigenvalue weighted by Crippen LogP contribution is 2.33. The van der Waals surface area contributed by atoms with E-state index in [1.165, 1.54) is 0 Å². The fraction of sp³-hybridized carbons (Fsp3) is 0.714. The number of carbonyl (C=O) groups excluding carboxylic acids is 2. The summed E-state index contributed by atoms with van der Waals surface area (Å²) in [4.78, 5) is 24.8. The molecule has 1 aromatic rings. The predicted molar refractivity (Wildman–Crippen MR) is 138 cm³/mol. The standard InChI is InChI=1S/C28H45NO7/c1-18(2)21(15-20-10-11-23(33-8)25(16-20)34-13-9-12-32-7)17-22(24-14-19(3)26(30)35-24)29-27(31)36-28(4,5)6/h10-11,16,18-19,21-22,24H,9,12-15,17H2,1-8H3,(H,29,31)/t19-,21+,22+,24?/m1/s1. The lowest BCUT2D eigenvalue weighted by Crippen LogP contribution is -2.47. The molecule has 1 unspecified atom stereocenters. The molecule has 1 saturated heterocycles. The number of nitrogens with one attached hydrogen (secondary N) is 1. The first-order chi connectivity index (χ1) is 16.9. The molecule has 1 heterocycles. The van der Waals surface area contributed by atoms with Crippen LogP contribution >= 0.6 is 0 Å². The van der Waals surface area contributed by atoms with Crippen LogP contribution in [0.4, 0.5) is 4.79 Å². The molecule has 2 rings (SSSR count). The zero-order chi connectivity index (χ0) is 26.9. The molecule has 204 valence electrons. The zero-order valence-corrected chi connectivity index (χ0v) is 23.2. The number of carbonyl (C=O) groups is 2. The Balaban J connectivity index is 2.19. The van der Waals surface area contributed by atoms with Gasteiger partial charge in [-0.05, 0) is 69.6 Å². The summed E-state index contributed by atoms with van der Waals surface area (Å²) >= 11 is 0. The third kappa shape index (κ3) is 9.52. The molecular weight excluding hydrogens is 462 g/mol. The van der Waals surface area contributed by atoms with Gasteiger partial charge in [0.2, 0.25) is 0 Å². The number of methoxy groups -OCH3 is 2. The molecule has 0 radical (unpaired) electrons. The van der Waals surface area contributed by atoms with Gasteiger partial charge in [0.25, 0.3) is 0 Å². The Labute approximate surface area is 216 Å². The molecule has 1 fully saturated rings. The van der Waals surface area contributed by atoms with Crippen molar-refractivity contribution in [3.8, 4) is 11.5 Å². The second-order valence-electron chi connectivity index (χ2n) is 11.0. The molecule has 0 aliphatic carbocycles.